The molecule has 10 heavy (non-hydrogen) atoms. The van der Waals surface area contributed by atoms with Crippen LogP contribution < -0.4 is 11.0 Å². The molecule has 1 rings (SSSR count). The van der Waals surface area contributed by atoms with E-state index in [2.05, 4.69) is 4.98 Å². The Labute approximate surface area is 57.3 Å². The van der Waals surface area contributed by atoms with Crippen molar-refractivity contribution in [3.8, 4) is 0 Å². The zero-order valence-electron chi connectivity index (χ0n) is 5.11. The molecule has 4 nitrogen and oxygen atoms in total. The van der Waals surface area contributed by atoms with Crippen molar-refractivity contribution >= 4 is 12.7 Å². The topological polar surface area (TPSA) is 73.3 Å². The maximum absolute atomic E-state index is 10.6. The zero-order valence-corrected chi connectivity index (χ0v) is 5.11. The summed E-state index contributed by atoms with van der Waals surface area (Å²) in [5, 5.41) is 17.1. The molecule has 1 aromatic heterocycles. The van der Waals surface area contributed by atoms with Crippen molar-refractivity contribution in [1.82, 2.24) is 4.98 Å². The summed E-state index contributed by atoms with van der Waals surface area (Å²) in [6.07, 6.45) is 1.36. The van der Waals surface area contributed by atoms with Crippen LogP contribution in [0.3, 0.4) is 0 Å². The number of pyridine rings is 1. The fourth-order valence-electron chi connectivity index (χ4n) is 0.612. The summed E-state index contributed by atoms with van der Waals surface area (Å²) in [6, 6.07) is 2.43. The van der Waals surface area contributed by atoms with Crippen molar-refractivity contribution in [2.24, 2.45) is 0 Å². The van der Waals surface area contributed by atoms with Crippen LogP contribution in [0.1, 0.15) is 0 Å². The fourth-order valence-corrected chi connectivity index (χ4v) is 0.612. The van der Waals surface area contributed by atoms with Gasteiger partial charge < -0.3 is 15.0 Å². The van der Waals surface area contributed by atoms with Gasteiger partial charge in [0.05, 0.1) is 0 Å². The monoisotopic (exact) mass is 139 g/mol. The lowest BCUT2D eigenvalue weighted by atomic mass is 9.86. The second-order valence-electron chi connectivity index (χ2n) is 1.85. The molecule has 0 atom stereocenters. The Morgan fingerprint density at radius 3 is 2.60 bits per heavy atom. The number of hydrogen-bond donors (Lipinski definition) is 3. The highest BCUT2D eigenvalue weighted by Crippen LogP contribution is 1.69. The minimum atomic E-state index is -1.60. The van der Waals surface area contributed by atoms with E-state index in [-0.39, 0.29) is 11.0 Å². The van der Waals surface area contributed by atoms with Crippen LogP contribution in [0.5, 0.6) is 0 Å². The first-order valence-electron chi connectivity index (χ1n) is 2.75. The highest BCUT2D eigenvalue weighted by molar-refractivity contribution is 6.57. The minimum Gasteiger partial charge on any atom is -0.422 e. The highest BCUT2D eigenvalue weighted by Gasteiger charge is 2.10. The largest absolute Gasteiger partial charge is 0.505 e. The van der Waals surface area contributed by atoms with E-state index >= 15 is 0 Å². The first kappa shape index (κ1) is 7.05. The van der Waals surface area contributed by atoms with E-state index in [1.54, 1.807) is 0 Å². The molecule has 3 N–H and O–H groups in total. The predicted molar refractivity (Wildman–Crippen MR) is 36.9 cm³/mol. The number of rotatable bonds is 1. The Kier molecular flexibility index (Phi) is 1.89. The molecule has 5 heteroatoms. The first-order chi connectivity index (χ1) is 4.70. The van der Waals surface area contributed by atoms with Crippen molar-refractivity contribution in [2.45, 2.75) is 0 Å². The molecule has 0 fully saturated rings. The van der Waals surface area contributed by atoms with E-state index in [0.29, 0.717) is 0 Å². The van der Waals surface area contributed by atoms with Gasteiger partial charge in [0.25, 0.3) is 0 Å². The van der Waals surface area contributed by atoms with E-state index in [1.165, 1.54) is 12.3 Å². The van der Waals surface area contributed by atoms with Crippen LogP contribution >= 0.6 is 0 Å². The third-order valence-electron chi connectivity index (χ3n) is 1.07. The SMILES string of the molecule is O=c1cc[nH]c(B(O)O)c1. The normalized spacial score (nSPS) is 9.40. The molecule has 0 aliphatic heterocycles. The van der Waals surface area contributed by atoms with Gasteiger partial charge in [-0.15, -0.1) is 0 Å². The zero-order chi connectivity index (χ0) is 7.56. The lowest BCUT2D eigenvalue weighted by molar-refractivity contribution is 0.424. The maximum atomic E-state index is 10.6. The standard InChI is InChI=1S/C5H6BNO3/c8-4-1-2-7-5(3-4)6(9)10/h1-3,9-10H,(H,7,8). The summed E-state index contributed by atoms with van der Waals surface area (Å²) in [4.78, 5) is 13.1. The Hall–Kier alpha value is -1.07. The van der Waals surface area contributed by atoms with Gasteiger partial charge in [0, 0.05) is 23.9 Å². The van der Waals surface area contributed by atoms with Crippen molar-refractivity contribution in [2.75, 3.05) is 0 Å². The van der Waals surface area contributed by atoms with Crippen molar-refractivity contribution in [3.05, 3.63) is 28.6 Å². The molecule has 52 valence electrons. The lowest BCUT2D eigenvalue weighted by Crippen LogP contribution is -2.34. The molecular weight excluding hydrogens is 133 g/mol. The first-order valence-corrected chi connectivity index (χ1v) is 2.75. The molecule has 0 aromatic carbocycles. The van der Waals surface area contributed by atoms with Crippen LogP contribution in [-0.2, 0) is 0 Å². The van der Waals surface area contributed by atoms with Gasteiger partial charge >= 0.3 is 7.12 Å². The number of aromatic nitrogens is 1. The van der Waals surface area contributed by atoms with Crippen molar-refractivity contribution in [1.29, 1.82) is 0 Å². The van der Waals surface area contributed by atoms with E-state index in [4.69, 9.17) is 10.0 Å². The van der Waals surface area contributed by atoms with E-state index in [0.717, 1.165) is 6.07 Å². The van der Waals surface area contributed by atoms with Gasteiger partial charge in [-0.2, -0.15) is 0 Å². The molecule has 0 saturated carbocycles. The van der Waals surface area contributed by atoms with Gasteiger partial charge in [0.1, 0.15) is 0 Å². The molecule has 0 amide bonds. The van der Waals surface area contributed by atoms with E-state index < -0.39 is 7.12 Å². The van der Waals surface area contributed by atoms with Gasteiger partial charge in [-0.1, -0.05) is 0 Å². The van der Waals surface area contributed by atoms with Gasteiger partial charge in [0.15, 0.2) is 5.43 Å². The fraction of sp³-hybridized carbons (Fsp3) is 0. The second-order valence-corrected chi connectivity index (χ2v) is 1.85. The van der Waals surface area contributed by atoms with Crippen LogP contribution in [-0.4, -0.2) is 22.2 Å². The molecule has 1 heterocycles. The van der Waals surface area contributed by atoms with Crippen molar-refractivity contribution in [3.63, 3.8) is 0 Å². The summed E-state index contributed by atoms with van der Waals surface area (Å²) < 4.78 is 0. The summed E-state index contributed by atoms with van der Waals surface area (Å²) in [6.45, 7) is 0. The molecule has 0 spiro atoms. The van der Waals surface area contributed by atoms with E-state index in [9.17, 15) is 4.79 Å². The van der Waals surface area contributed by atoms with Gasteiger partial charge in [-0.25, -0.2) is 0 Å². The van der Waals surface area contributed by atoms with Gasteiger partial charge in [-0.3, -0.25) is 4.79 Å². The van der Waals surface area contributed by atoms with Crippen LogP contribution in [0.15, 0.2) is 23.1 Å². The highest BCUT2D eigenvalue weighted by atomic mass is 16.4. The van der Waals surface area contributed by atoms with Crippen molar-refractivity contribution < 1.29 is 10.0 Å². The Morgan fingerprint density at radius 2 is 2.20 bits per heavy atom. The molecule has 0 aliphatic rings. The second kappa shape index (κ2) is 2.68. The van der Waals surface area contributed by atoms with Crippen LogP contribution in [0.4, 0.5) is 0 Å². The molecule has 0 saturated heterocycles. The summed E-state index contributed by atoms with van der Waals surface area (Å²) in [5.41, 5.74) is -0.144. The lowest BCUT2D eigenvalue weighted by Gasteiger charge is -1.95. The summed E-state index contributed by atoms with van der Waals surface area (Å²) >= 11 is 0. The molecule has 0 radical (unpaired) electrons. The predicted octanol–water partition coefficient (Wildman–Crippen LogP) is -1.95. The molecule has 0 unspecified atom stereocenters. The summed E-state index contributed by atoms with van der Waals surface area (Å²) in [7, 11) is -1.60. The van der Waals surface area contributed by atoms with Crippen LogP contribution in [0.2, 0.25) is 0 Å². The number of hydrogen-bond acceptors (Lipinski definition) is 3. The molecule has 1 aromatic rings. The number of H-pyrrole nitrogens is 1. The quantitative estimate of drug-likeness (QED) is 0.396. The third-order valence-corrected chi connectivity index (χ3v) is 1.07. The smallest absolute Gasteiger partial charge is 0.422 e. The number of aromatic amines is 1. The Balaban J connectivity index is 3.07. The van der Waals surface area contributed by atoms with Crippen LogP contribution in [0, 0.1) is 0 Å². The van der Waals surface area contributed by atoms with Crippen LogP contribution in [0.25, 0.3) is 0 Å². The van der Waals surface area contributed by atoms with Gasteiger partial charge in [0.2, 0.25) is 0 Å². The Bertz CT molecular complexity index is 270. The average Bonchev–Trinajstić information content (AvgIpc) is 1.88. The molecule has 0 bridgehead atoms. The maximum Gasteiger partial charge on any atom is 0.505 e. The third kappa shape index (κ3) is 1.46. The molecule has 0 aliphatic carbocycles. The Morgan fingerprint density at radius 1 is 1.50 bits per heavy atom. The minimum absolute atomic E-state index is 0.104. The summed E-state index contributed by atoms with van der Waals surface area (Å²) in [5.74, 6) is 0. The number of nitrogens with one attached hydrogen (secondary N) is 1. The molecular formula is C5H6BNO3. The average molecular weight is 139 g/mol. The van der Waals surface area contributed by atoms with E-state index in [1.807, 2.05) is 0 Å². The van der Waals surface area contributed by atoms with Gasteiger partial charge in [-0.05, 0) is 0 Å².